The molecule has 0 unspecified atom stereocenters. The highest BCUT2D eigenvalue weighted by molar-refractivity contribution is 6.10. The molecule has 2 aliphatic rings. The number of anilines is 1. The Morgan fingerprint density at radius 2 is 1.72 bits per heavy atom. The highest BCUT2D eigenvalue weighted by atomic mass is 16.3. The Morgan fingerprint density at radius 3 is 2.51 bits per heavy atom. The Hall–Kier alpha value is -4.71. The van der Waals surface area contributed by atoms with Gasteiger partial charge in [0.05, 0.1) is 5.36 Å². The van der Waals surface area contributed by atoms with Gasteiger partial charge in [0, 0.05) is 58.4 Å². The van der Waals surface area contributed by atoms with Gasteiger partial charge < -0.3 is 20.9 Å². The standard InChI is InChI=1S/C33H31N3O3/c1-2-3-18-36-33(38)22-11-8-21(9-12-22)10-17-29(37)25-6-4-5-7-26(25)32-27-15-13-23(34)19-30(27)39-31-20-24(35)14-16-28(31)32/h4-9,11-16,19-20,34H,2-3,10,17-18,35H2,1H3,(H,36,38). The Kier molecular flexibility index (Phi) is 7.55. The van der Waals surface area contributed by atoms with E-state index in [0.29, 0.717) is 52.9 Å². The zero-order chi connectivity index (χ0) is 27.4. The number of benzene rings is 4. The average Bonchev–Trinajstić information content (AvgIpc) is 2.95. The molecule has 0 spiro atoms. The lowest BCUT2D eigenvalue weighted by Crippen LogP contribution is -2.24. The molecule has 6 heteroatoms. The first-order chi connectivity index (χ1) is 18.9. The lowest BCUT2D eigenvalue weighted by molar-refractivity contribution is 0.0950. The SMILES string of the molecule is CCCCNC(=O)c1ccc(CCC(=O)c2ccccc2-c2c3ccc(=N)cc-3oc3cc(N)ccc23)cc1. The van der Waals surface area contributed by atoms with E-state index in [2.05, 4.69) is 12.2 Å². The number of nitrogen functional groups attached to an aromatic ring is 1. The van der Waals surface area contributed by atoms with Gasteiger partial charge in [-0.25, -0.2) is 0 Å². The molecule has 1 aliphatic carbocycles. The molecule has 3 aromatic rings. The summed E-state index contributed by atoms with van der Waals surface area (Å²) in [4.78, 5) is 25.9. The summed E-state index contributed by atoms with van der Waals surface area (Å²) in [5.74, 6) is 0.520. The van der Waals surface area contributed by atoms with E-state index in [0.717, 1.165) is 40.5 Å². The third kappa shape index (κ3) is 5.60. The maximum atomic E-state index is 13.6. The number of carbonyl (C=O) groups excluding carboxylic acids is 2. The molecule has 0 aromatic heterocycles. The summed E-state index contributed by atoms with van der Waals surface area (Å²) in [5, 5.41) is 12.2. The van der Waals surface area contributed by atoms with Crippen LogP contribution in [0.5, 0.6) is 0 Å². The summed E-state index contributed by atoms with van der Waals surface area (Å²) < 4.78 is 6.12. The van der Waals surface area contributed by atoms with Crippen LogP contribution in [-0.4, -0.2) is 18.2 Å². The molecule has 0 saturated carbocycles. The maximum absolute atomic E-state index is 13.6. The monoisotopic (exact) mass is 517 g/mol. The Balaban J connectivity index is 1.44. The number of aryl methyl sites for hydroxylation is 1. The topological polar surface area (TPSA) is 109 Å². The summed E-state index contributed by atoms with van der Waals surface area (Å²) in [6.07, 6.45) is 2.88. The van der Waals surface area contributed by atoms with Gasteiger partial charge in [-0.15, -0.1) is 0 Å². The van der Waals surface area contributed by atoms with Crippen molar-refractivity contribution in [2.75, 3.05) is 12.3 Å². The summed E-state index contributed by atoms with van der Waals surface area (Å²) >= 11 is 0. The minimum atomic E-state index is -0.0756. The zero-order valence-electron chi connectivity index (χ0n) is 21.9. The van der Waals surface area contributed by atoms with E-state index in [1.54, 1.807) is 18.2 Å². The van der Waals surface area contributed by atoms with Gasteiger partial charge in [-0.05, 0) is 60.4 Å². The van der Waals surface area contributed by atoms with Crippen molar-refractivity contribution >= 4 is 28.3 Å². The third-order valence-electron chi connectivity index (χ3n) is 6.92. The van der Waals surface area contributed by atoms with Gasteiger partial charge in [-0.1, -0.05) is 49.7 Å². The molecule has 1 aliphatic heterocycles. The number of hydrogen-bond donors (Lipinski definition) is 3. The largest absolute Gasteiger partial charge is 0.456 e. The van der Waals surface area contributed by atoms with Crippen LogP contribution in [0.2, 0.25) is 0 Å². The summed E-state index contributed by atoms with van der Waals surface area (Å²) in [5.41, 5.74) is 12.0. The number of ketones is 1. The van der Waals surface area contributed by atoms with Crippen molar-refractivity contribution in [3.63, 3.8) is 0 Å². The molecular weight excluding hydrogens is 486 g/mol. The van der Waals surface area contributed by atoms with Gasteiger partial charge in [0.2, 0.25) is 0 Å². The van der Waals surface area contributed by atoms with E-state index in [1.807, 2.05) is 66.7 Å². The van der Waals surface area contributed by atoms with E-state index in [9.17, 15) is 9.59 Å². The zero-order valence-corrected chi connectivity index (χ0v) is 21.9. The molecule has 0 radical (unpaired) electrons. The average molecular weight is 518 g/mol. The molecular formula is C33H31N3O3. The van der Waals surface area contributed by atoms with Gasteiger partial charge in [0.1, 0.15) is 11.3 Å². The lowest BCUT2D eigenvalue weighted by atomic mass is 9.88. The van der Waals surface area contributed by atoms with E-state index in [-0.39, 0.29) is 11.7 Å². The molecule has 0 bridgehead atoms. The number of rotatable bonds is 9. The number of hydrogen-bond acceptors (Lipinski definition) is 5. The molecule has 0 fully saturated rings. The van der Waals surface area contributed by atoms with Crippen LogP contribution in [0, 0.1) is 5.41 Å². The van der Waals surface area contributed by atoms with E-state index >= 15 is 0 Å². The molecule has 196 valence electrons. The molecule has 1 heterocycles. The number of carbonyl (C=O) groups is 2. The summed E-state index contributed by atoms with van der Waals surface area (Å²) in [7, 11) is 0. The number of nitrogens with one attached hydrogen (secondary N) is 2. The minimum absolute atomic E-state index is 0.0293. The smallest absolute Gasteiger partial charge is 0.251 e. The van der Waals surface area contributed by atoms with Crippen LogP contribution < -0.4 is 16.4 Å². The van der Waals surface area contributed by atoms with E-state index in [4.69, 9.17) is 15.6 Å². The van der Waals surface area contributed by atoms with Crippen LogP contribution in [0.3, 0.4) is 0 Å². The van der Waals surface area contributed by atoms with E-state index in [1.165, 1.54) is 0 Å². The second kappa shape index (κ2) is 11.4. The normalized spacial score (nSPS) is 11.1. The molecule has 39 heavy (non-hydrogen) atoms. The van der Waals surface area contributed by atoms with Crippen molar-refractivity contribution in [3.8, 4) is 22.5 Å². The fourth-order valence-electron chi connectivity index (χ4n) is 4.84. The van der Waals surface area contributed by atoms with Crippen molar-refractivity contribution < 1.29 is 14.0 Å². The minimum Gasteiger partial charge on any atom is -0.456 e. The lowest BCUT2D eigenvalue weighted by Gasteiger charge is -2.17. The van der Waals surface area contributed by atoms with Gasteiger partial charge in [0.15, 0.2) is 5.78 Å². The number of amides is 1. The highest BCUT2D eigenvalue weighted by Gasteiger charge is 2.21. The molecule has 6 nitrogen and oxygen atoms in total. The maximum Gasteiger partial charge on any atom is 0.251 e. The van der Waals surface area contributed by atoms with Crippen molar-refractivity contribution in [1.29, 1.82) is 5.41 Å². The predicted octanol–water partition coefficient (Wildman–Crippen LogP) is 6.61. The van der Waals surface area contributed by atoms with Crippen molar-refractivity contribution in [2.45, 2.75) is 32.6 Å². The van der Waals surface area contributed by atoms with Crippen molar-refractivity contribution in [3.05, 3.63) is 107 Å². The fraction of sp³-hybridized carbons (Fsp3) is 0.182. The van der Waals surface area contributed by atoms with Gasteiger partial charge in [-0.3, -0.25) is 9.59 Å². The van der Waals surface area contributed by atoms with Crippen LogP contribution in [0.25, 0.3) is 33.4 Å². The summed E-state index contributed by atoms with van der Waals surface area (Å²) in [6, 6.07) is 25.9. The molecule has 5 rings (SSSR count). The number of Topliss-reactive ketones (excluding diaryl/α,β-unsaturated/α-hetero) is 1. The Morgan fingerprint density at radius 1 is 0.923 bits per heavy atom. The molecule has 0 saturated heterocycles. The fourth-order valence-corrected chi connectivity index (χ4v) is 4.84. The highest BCUT2D eigenvalue weighted by Crippen LogP contribution is 2.41. The van der Waals surface area contributed by atoms with E-state index < -0.39 is 0 Å². The molecule has 3 aromatic carbocycles. The van der Waals surface area contributed by atoms with Crippen LogP contribution >= 0.6 is 0 Å². The number of nitrogens with two attached hydrogens (primary N) is 1. The first-order valence-corrected chi connectivity index (χ1v) is 13.2. The predicted molar refractivity (Wildman–Crippen MR) is 155 cm³/mol. The quantitative estimate of drug-likeness (QED) is 0.0884. The first-order valence-electron chi connectivity index (χ1n) is 13.2. The second-order valence-corrected chi connectivity index (χ2v) is 9.72. The van der Waals surface area contributed by atoms with Crippen LogP contribution in [0.4, 0.5) is 5.69 Å². The van der Waals surface area contributed by atoms with Gasteiger partial charge >= 0.3 is 0 Å². The number of unbranched alkanes of at least 4 members (excludes halogenated alkanes) is 1. The molecule has 0 atom stereocenters. The summed E-state index contributed by atoms with van der Waals surface area (Å²) in [6.45, 7) is 2.76. The van der Waals surface area contributed by atoms with Crippen molar-refractivity contribution in [1.82, 2.24) is 5.32 Å². The van der Waals surface area contributed by atoms with Crippen LogP contribution in [0.1, 0.15) is 52.5 Å². The molecule has 1 amide bonds. The Bertz CT molecular complexity index is 1690. The van der Waals surface area contributed by atoms with Crippen LogP contribution in [0.15, 0.2) is 89.3 Å². The third-order valence-corrected chi connectivity index (χ3v) is 6.92. The van der Waals surface area contributed by atoms with Crippen molar-refractivity contribution in [2.24, 2.45) is 0 Å². The first kappa shape index (κ1) is 25.9. The second-order valence-electron chi connectivity index (χ2n) is 9.72. The van der Waals surface area contributed by atoms with Gasteiger partial charge in [0.25, 0.3) is 5.91 Å². The Labute approximate surface area is 227 Å². The number of fused-ring (bicyclic) bond motifs is 2. The van der Waals surface area contributed by atoms with Crippen LogP contribution in [-0.2, 0) is 6.42 Å². The van der Waals surface area contributed by atoms with Gasteiger partial charge in [-0.2, -0.15) is 0 Å². The molecule has 4 N–H and O–H groups in total.